The maximum absolute atomic E-state index is 13.1. The van der Waals surface area contributed by atoms with Crippen molar-refractivity contribution < 1.29 is 17.5 Å². The van der Waals surface area contributed by atoms with E-state index in [9.17, 15) is 12.8 Å². The van der Waals surface area contributed by atoms with Crippen molar-refractivity contribution in [3.63, 3.8) is 0 Å². The van der Waals surface area contributed by atoms with Crippen molar-refractivity contribution in [2.24, 2.45) is 0 Å². The molecule has 0 heterocycles. The van der Waals surface area contributed by atoms with Gasteiger partial charge in [-0.3, -0.25) is 0 Å². The maximum Gasteiger partial charge on any atom is 0.240 e. The molecule has 0 bridgehead atoms. The topological polar surface area (TPSA) is 55.4 Å². The Morgan fingerprint density at radius 2 is 1.87 bits per heavy atom. The summed E-state index contributed by atoms with van der Waals surface area (Å²) in [5, 5.41) is -0.223. The quantitative estimate of drug-likeness (QED) is 0.826. The molecule has 2 rings (SSSR count). The lowest BCUT2D eigenvalue weighted by molar-refractivity contribution is 0.340. The van der Waals surface area contributed by atoms with Gasteiger partial charge in [0.2, 0.25) is 10.0 Å². The lowest BCUT2D eigenvalue weighted by Gasteiger charge is -2.08. The van der Waals surface area contributed by atoms with Crippen molar-refractivity contribution in [2.75, 3.05) is 13.2 Å². The molecule has 0 radical (unpaired) electrons. The van der Waals surface area contributed by atoms with Crippen LogP contribution in [0.25, 0.3) is 0 Å². The maximum atomic E-state index is 13.1. The Balaban J connectivity index is 1.95. The first-order chi connectivity index (χ1) is 10.9. The molecule has 124 valence electrons. The fourth-order valence-corrected chi connectivity index (χ4v) is 3.28. The van der Waals surface area contributed by atoms with Crippen LogP contribution < -0.4 is 9.46 Å². The lowest BCUT2D eigenvalue weighted by atomic mass is 10.1. The molecule has 23 heavy (non-hydrogen) atoms. The van der Waals surface area contributed by atoms with Gasteiger partial charge in [-0.25, -0.2) is 17.5 Å². The number of hydrogen-bond donors (Lipinski definition) is 1. The molecule has 0 aliphatic rings. The van der Waals surface area contributed by atoms with Crippen LogP contribution in [0.1, 0.15) is 12.5 Å². The van der Waals surface area contributed by atoms with Crippen LogP contribution in [0, 0.1) is 5.82 Å². The van der Waals surface area contributed by atoms with Gasteiger partial charge in [-0.2, -0.15) is 0 Å². The van der Waals surface area contributed by atoms with Crippen molar-refractivity contribution in [1.29, 1.82) is 0 Å². The fourth-order valence-electron chi connectivity index (χ4n) is 1.98. The van der Waals surface area contributed by atoms with Crippen LogP contribution in [0.15, 0.2) is 47.4 Å². The minimum atomic E-state index is -3.71. The summed E-state index contributed by atoms with van der Waals surface area (Å²) in [4.78, 5) is -0.0596. The average Bonchev–Trinajstić information content (AvgIpc) is 2.52. The average molecular weight is 358 g/mol. The summed E-state index contributed by atoms with van der Waals surface area (Å²) in [5.41, 5.74) is 0.980. The highest BCUT2D eigenvalue weighted by atomic mass is 35.5. The SMILES string of the molecule is CCOc1ccc(CCNS(=O)(=O)c2ccc(F)c(Cl)c2)cc1. The number of sulfonamides is 1. The van der Waals surface area contributed by atoms with Crippen LogP contribution in [0.5, 0.6) is 5.75 Å². The minimum absolute atomic E-state index is 0.0596. The van der Waals surface area contributed by atoms with Crippen molar-refractivity contribution in [1.82, 2.24) is 4.72 Å². The first-order valence-electron chi connectivity index (χ1n) is 7.09. The number of rotatable bonds is 7. The molecule has 0 aromatic heterocycles. The molecule has 0 aliphatic carbocycles. The molecule has 0 atom stereocenters. The van der Waals surface area contributed by atoms with E-state index in [1.807, 2.05) is 31.2 Å². The zero-order valence-electron chi connectivity index (χ0n) is 12.6. The normalized spacial score (nSPS) is 11.4. The van der Waals surface area contributed by atoms with E-state index < -0.39 is 15.8 Å². The smallest absolute Gasteiger partial charge is 0.240 e. The number of ether oxygens (including phenoxy) is 1. The zero-order chi connectivity index (χ0) is 16.9. The van der Waals surface area contributed by atoms with Crippen molar-refractivity contribution in [2.45, 2.75) is 18.2 Å². The van der Waals surface area contributed by atoms with Gasteiger partial charge in [0, 0.05) is 6.54 Å². The summed E-state index contributed by atoms with van der Waals surface area (Å²) in [5.74, 6) is 0.123. The summed E-state index contributed by atoms with van der Waals surface area (Å²) < 4.78 is 45.1. The van der Waals surface area contributed by atoms with Crippen LogP contribution in [0.3, 0.4) is 0 Å². The molecule has 0 spiro atoms. The largest absolute Gasteiger partial charge is 0.494 e. The van der Waals surface area contributed by atoms with Gasteiger partial charge in [-0.1, -0.05) is 23.7 Å². The van der Waals surface area contributed by atoms with E-state index in [0.717, 1.165) is 23.4 Å². The third-order valence-corrected chi connectivity index (χ3v) is 4.89. The van der Waals surface area contributed by atoms with E-state index in [0.29, 0.717) is 13.0 Å². The Morgan fingerprint density at radius 1 is 1.17 bits per heavy atom. The molecule has 0 aliphatic heterocycles. The van der Waals surface area contributed by atoms with Crippen molar-refractivity contribution in [3.8, 4) is 5.75 Å². The molecule has 0 unspecified atom stereocenters. The fraction of sp³-hybridized carbons (Fsp3) is 0.250. The van der Waals surface area contributed by atoms with E-state index in [-0.39, 0.29) is 16.5 Å². The predicted molar refractivity (Wildman–Crippen MR) is 87.9 cm³/mol. The monoisotopic (exact) mass is 357 g/mol. The molecule has 0 saturated heterocycles. The molecule has 7 heteroatoms. The highest BCUT2D eigenvalue weighted by Crippen LogP contribution is 2.19. The second-order valence-electron chi connectivity index (χ2n) is 4.80. The first-order valence-corrected chi connectivity index (χ1v) is 8.95. The Labute approximate surface area is 140 Å². The van der Waals surface area contributed by atoms with Gasteiger partial charge in [0.1, 0.15) is 11.6 Å². The molecule has 2 aromatic carbocycles. The predicted octanol–water partition coefficient (Wildman–Crippen LogP) is 3.40. The molecular formula is C16H17ClFNO3S. The van der Waals surface area contributed by atoms with E-state index in [1.165, 1.54) is 6.07 Å². The summed E-state index contributed by atoms with van der Waals surface area (Å²) >= 11 is 5.61. The summed E-state index contributed by atoms with van der Waals surface area (Å²) in [7, 11) is -3.71. The number of nitrogens with one attached hydrogen (secondary N) is 1. The molecule has 0 amide bonds. The molecular weight excluding hydrogens is 341 g/mol. The van der Waals surface area contributed by atoms with E-state index >= 15 is 0 Å². The minimum Gasteiger partial charge on any atom is -0.494 e. The molecule has 0 saturated carbocycles. The van der Waals surface area contributed by atoms with Crippen LogP contribution in [0.2, 0.25) is 5.02 Å². The third-order valence-electron chi connectivity index (χ3n) is 3.14. The summed E-state index contributed by atoms with van der Waals surface area (Å²) in [6.07, 6.45) is 0.528. The molecule has 2 aromatic rings. The standard InChI is InChI=1S/C16H17ClFNO3S/c1-2-22-13-5-3-12(4-6-13)9-10-19-23(20,21)14-7-8-16(18)15(17)11-14/h3-8,11,19H,2,9-10H2,1H3. The van der Waals surface area contributed by atoms with Gasteiger partial charge >= 0.3 is 0 Å². The van der Waals surface area contributed by atoms with E-state index in [4.69, 9.17) is 16.3 Å². The highest BCUT2D eigenvalue weighted by molar-refractivity contribution is 7.89. The van der Waals surface area contributed by atoms with Crippen LogP contribution >= 0.6 is 11.6 Å². The molecule has 4 nitrogen and oxygen atoms in total. The Morgan fingerprint density at radius 3 is 2.48 bits per heavy atom. The Kier molecular flexibility index (Phi) is 5.98. The van der Waals surface area contributed by atoms with Crippen molar-refractivity contribution >= 4 is 21.6 Å². The van der Waals surface area contributed by atoms with E-state index in [2.05, 4.69) is 4.72 Å². The van der Waals surface area contributed by atoms with Crippen LogP contribution in [-0.4, -0.2) is 21.6 Å². The van der Waals surface area contributed by atoms with E-state index in [1.54, 1.807) is 0 Å². The zero-order valence-corrected chi connectivity index (χ0v) is 14.1. The molecule has 0 fully saturated rings. The number of halogens is 2. The van der Waals surface area contributed by atoms with Gasteiger partial charge in [0.15, 0.2) is 0 Å². The number of benzene rings is 2. The third kappa shape index (κ3) is 4.92. The van der Waals surface area contributed by atoms with Gasteiger partial charge < -0.3 is 4.74 Å². The molecule has 1 N–H and O–H groups in total. The van der Waals surface area contributed by atoms with Crippen molar-refractivity contribution in [3.05, 3.63) is 58.9 Å². The summed E-state index contributed by atoms with van der Waals surface area (Å²) in [6, 6.07) is 10.8. The summed E-state index contributed by atoms with van der Waals surface area (Å²) in [6.45, 7) is 2.73. The van der Waals surface area contributed by atoms with Crippen LogP contribution in [0.4, 0.5) is 4.39 Å². The second kappa shape index (κ2) is 7.77. The Bertz CT molecular complexity index is 763. The lowest BCUT2D eigenvalue weighted by Crippen LogP contribution is -2.26. The highest BCUT2D eigenvalue weighted by Gasteiger charge is 2.15. The van der Waals surface area contributed by atoms with Gasteiger partial charge in [-0.15, -0.1) is 0 Å². The second-order valence-corrected chi connectivity index (χ2v) is 6.97. The number of hydrogen-bond acceptors (Lipinski definition) is 3. The Hall–Kier alpha value is -1.63. The van der Waals surface area contributed by atoms with Gasteiger partial charge in [0.25, 0.3) is 0 Å². The van der Waals surface area contributed by atoms with Gasteiger partial charge in [-0.05, 0) is 49.2 Å². The van der Waals surface area contributed by atoms with Gasteiger partial charge in [0.05, 0.1) is 16.5 Å². The first kappa shape index (κ1) is 17.7. The van der Waals surface area contributed by atoms with Crippen LogP contribution in [-0.2, 0) is 16.4 Å².